The Morgan fingerprint density at radius 2 is 2.36 bits per heavy atom. The number of amides is 2. The van der Waals surface area contributed by atoms with Gasteiger partial charge in [-0.1, -0.05) is 0 Å². The van der Waals surface area contributed by atoms with E-state index in [1.807, 2.05) is 4.90 Å². The average Bonchev–Trinajstić information content (AvgIpc) is 2.50. The lowest BCUT2D eigenvalue weighted by atomic mass is 10.3. The maximum atomic E-state index is 11.2. The molecule has 80 valence electrons. The number of alkyl carbamates (subject to hydrolysis) is 1. The maximum Gasteiger partial charge on any atom is 0.413 e. The van der Waals surface area contributed by atoms with E-state index in [9.17, 15) is 9.59 Å². The van der Waals surface area contributed by atoms with Crippen LogP contribution in [0.5, 0.6) is 0 Å². The summed E-state index contributed by atoms with van der Waals surface area (Å²) in [4.78, 5) is 23.7. The molecule has 1 aliphatic rings. The largest absolute Gasteiger partial charge is 0.453 e. The second-order valence-corrected chi connectivity index (χ2v) is 3.32. The zero-order valence-electron chi connectivity index (χ0n) is 8.16. The fraction of sp³-hybridized carbons (Fsp3) is 0.750. The van der Waals surface area contributed by atoms with Crippen LogP contribution in [0.3, 0.4) is 0 Å². The first kappa shape index (κ1) is 10.9. The van der Waals surface area contributed by atoms with Crippen LogP contribution >= 0.6 is 0 Å². The molecule has 0 saturated carbocycles. The Labute approximate surface area is 82.4 Å². The Balaban J connectivity index is 2.23. The lowest BCUT2D eigenvalue weighted by Gasteiger charge is -2.13. The van der Waals surface area contributed by atoms with E-state index in [-0.39, 0.29) is 18.5 Å². The molecule has 0 aromatic carbocycles. The van der Waals surface area contributed by atoms with Crippen molar-refractivity contribution in [3.63, 3.8) is 0 Å². The molecule has 1 rings (SSSR count). The van der Waals surface area contributed by atoms with Gasteiger partial charge in [0.2, 0.25) is 5.91 Å². The summed E-state index contributed by atoms with van der Waals surface area (Å²) in [5.74, 6) is -0.356. The van der Waals surface area contributed by atoms with Crippen molar-refractivity contribution < 1.29 is 14.3 Å². The number of methoxy groups -OCH3 is 1. The third-order valence-corrected chi connectivity index (χ3v) is 2.10. The highest BCUT2D eigenvalue weighted by Gasteiger charge is 2.21. The molecule has 1 atom stereocenters. The predicted octanol–water partition coefficient (Wildman–Crippen LogP) is -1.10. The van der Waals surface area contributed by atoms with Gasteiger partial charge in [-0.2, -0.15) is 0 Å². The van der Waals surface area contributed by atoms with Crippen LogP contribution in [0.2, 0.25) is 0 Å². The lowest BCUT2D eigenvalue weighted by Crippen LogP contribution is -2.39. The molecular formula is C8H15N3O3. The van der Waals surface area contributed by atoms with Crippen molar-refractivity contribution in [2.24, 2.45) is 5.73 Å². The van der Waals surface area contributed by atoms with Gasteiger partial charge in [0.15, 0.2) is 0 Å². The van der Waals surface area contributed by atoms with Crippen molar-refractivity contribution in [3.8, 4) is 0 Å². The number of likely N-dealkylation sites (tertiary alicyclic amines) is 1. The topological polar surface area (TPSA) is 84.7 Å². The number of hydrogen-bond donors (Lipinski definition) is 2. The summed E-state index contributed by atoms with van der Waals surface area (Å²) < 4.78 is 4.29. The van der Waals surface area contributed by atoms with Gasteiger partial charge in [0.25, 0.3) is 0 Å². The number of nitrogens with one attached hydrogen (secondary N) is 1. The fourth-order valence-electron chi connectivity index (χ4n) is 1.41. The smallest absolute Gasteiger partial charge is 0.413 e. The first-order chi connectivity index (χ1) is 6.61. The summed E-state index contributed by atoms with van der Waals surface area (Å²) in [6, 6.07) is 0.140. The van der Waals surface area contributed by atoms with Crippen LogP contribution in [0.4, 0.5) is 4.79 Å². The van der Waals surface area contributed by atoms with Crippen molar-refractivity contribution >= 4 is 12.0 Å². The molecule has 0 radical (unpaired) electrons. The van der Waals surface area contributed by atoms with Gasteiger partial charge in [-0.05, 0) is 6.42 Å². The Kier molecular flexibility index (Phi) is 3.84. The molecule has 0 aromatic heterocycles. The van der Waals surface area contributed by atoms with Crippen LogP contribution in [0.15, 0.2) is 0 Å². The molecule has 0 aromatic rings. The summed E-state index contributed by atoms with van der Waals surface area (Å²) >= 11 is 0. The Bertz CT molecular complexity index is 232. The van der Waals surface area contributed by atoms with Gasteiger partial charge in [0.1, 0.15) is 0 Å². The highest BCUT2D eigenvalue weighted by Crippen LogP contribution is 2.05. The molecule has 1 heterocycles. The van der Waals surface area contributed by atoms with E-state index < -0.39 is 6.09 Å². The molecule has 6 heteroatoms. The van der Waals surface area contributed by atoms with Crippen LogP contribution in [-0.4, -0.2) is 49.7 Å². The molecule has 14 heavy (non-hydrogen) atoms. The molecule has 1 saturated heterocycles. The van der Waals surface area contributed by atoms with Gasteiger partial charge < -0.3 is 10.5 Å². The third kappa shape index (κ3) is 3.31. The summed E-state index contributed by atoms with van der Waals surface area (Å²) in [6.07, 6.45) is 0.171. The number of rotatable bonds is 2. The Hall–Kier alpha value is -1.14. The van der Waals surface area contributed by atoms with E-state index in [1.54, 1.807) is 0 Å². The molecule has 0 unspecified atom stereocenters. The number of nitrogens with two attached hydrogens (primary N) is 1. The number of imide groups is 1. The number of carbonyl (C=O) groups is 2. The molecule has 3 N–H and O–H groups in total. The summed E-state index contributed by atoms with van der Waals surface area (Å²) in [7, 11) is 1.22. The van der Waals surface area contributed by atoms with Crippen molar-refractivity contribution in [2.45, 2.75) is 12.5 Å². The van der Waals surface area contributed by atoms with Crippen LogP contribution in [-0.2, 0) is 9.53 Å². The third-order valence-electron chi connectivity index (χ3n) is 2.10. The van der Waals surface area contributed by atoms with Crippen molar-refractivity contribution in [1.82, 2.24) is 10.2 Å². The highest BCUT2D eigenvalue weighted by molar-refractivity contribution is 5.92. The standard InChI is InChI=1S/C8H15N3O3/c1-14-8(13)10-7(12)5-11-3-2-6(9)4-11/h6H,2-5,9H2,1H3,(H,10,12,13)/t6-/m1/s1. The number of ether oxygens (including phenoxy) is 1. The van der Waals surface area contributed by atoms with E-state index in [0.717, 1.165) is 13.0 Å². The lowest BCUT2D eigenvalue weighted by molar-refractivity contribution is -0.121. The van der Waals surface area contributed by atoms with Gasteiger partial charge >= 0.3 is 6.09 Å². The molecule has 0 aliphatic carbocycles. The zero-order chi connectivity index (χ0) is 10.6. The van der Waals surface area contributed by atoms with E-state index in [4.69, 9.17) is 5.73 Å². The highest BCUT2D eigenvalue weighted by atomic mass is 16.5. The monoisotopic (exact) mass is 201 g/mol. The van der Waals surface area contributed by atoms with Crippen molar-refractivity contribution in [3.05, 3.63) is 0 Å². The van der Waals surface area contributed by atoms with E-state index in [1.165, 1.54) is 7.11 Å². The molecule has 0 bridgehead atoms. The van der Waals surface area contributed by atoms with Crippen molar-refractivity contribution in [2.75, 3.05) is 26.7 Å². The molecule has 1 fully saturated rings. The second kappa shape index (κ2) is 4.92. The summed E-state index contributed by atoms with van der Waals surface area (Å²) in [5, 5.41) is 2.09. The quantitative estimate of drug-likeness (QED) is 0.592. The minimum absolute atomic E-state index is 0.140. The SMILES string of the molecule is COC(=O)NC(=O)CN1CC[C@@H](N)C1. The van der Waals surface area contributed by atoms with Gasteiger partial charge in [0, 0.05) is 19.1 Å². The normalized spacial score (nSPS) is 22.0. The van der Waals surface area contributed by atoms with Crippen molar-refractivity contribution in [1.29, 1.82) is 0 Å². The van der Waals surface area contributed by atoms with E-state index in [0.29, 0.717) is 6.54 Å². The minimum atomic E-state index is -0.724. The Morgan fingerprint density at radius 3 is 2.86 bits per heavy atom. The van der Waals surface area contributed by atoms with Gasteiger partial charge in [-0.25, -0.2) is 4.79 Å². The number of carbonyl (C=O) groups excluding carboxylic acids is 2. The van der Waals surface area contributed by atoms with Gasteiger partial charge in [-0.3, -0.25) is 15.0 Å². The first-order valence-electron chi connectivity index (χ1n) is 4.47. The van der Waals surface area contributed by atoms with Gasteiger partial charge in [0.05, 0.1) is 13.7 Å². The molecule has 2 amide bonds. The van der Waals surface area contributed by atoms with E-state index >= 15 is 0 Å². The first-order valence-corrected chi connectivity index (χ1v) is 4.47. The maximum absolute atomic E-state index is 11.2. The molecule has 0 spiro atoms. The van der Waals surface area contributed by atoms with Crippen LogP contribution in [0, 0.1) is 0 Å². The summed E-state index contributed by atoms with van der Waals surface area (Å²) in [5.41, 5.74) is 5.66. The second-order valence-electron chi connectivity index (χ2n) is 3.32. The van der Waals surface area contributed by atoms with Crippen LogP contribution in [0.1, 0.15) is 6.42 Å². The molecular weight excluding hydrogens is 186 g/mol. The van der Waals surface area contributed by atoms with E-state index in [2.05, 4.69) is 10.1 Å². The van der Waals surface area contributed by atoms with Crippen LogP contribution < -0.4 is 11.1 Å². The predicted molar refractivity (Wildman–Crippen MR) is 49.6 cm³/mol. The molecule has 6 nitrogen and oxygen atoms in total. The summed E-state index contributed by atoms with van der Waals surface area (Å²) in [6.45, 7) is 1.70. The number of nitrogens with zero attached hydrogens (tertiary/aromatic N) is 1. The average molecular weight is 201 g/mol. The zero-order valence-corrected chi connectivity index (χ0v) is 8.16. The van der Waals surface area contributed by atoms with Gasteiger partial charge in [-0.15, -0.1) is 0 Å². The van der Waals surface area contributed by atoms with Crippen LogP contribution in [0.25, 0.3) is 0 Å². The molecule has 1 aliphatic heterocycles. The Morgan fingerprint density at radius 1 is 1.64 bits per heavy atom. The minimum Gasteiger partial charge on any atom is -0.453 e. The fourth-order valence-corrected chi connectivity index (χ4v) is 1.41. The number of hydrogen-bond acceptors (Lipinski definition) is 5.